The van der Waals surface area contributed by atoms with Crippen LogP contribution in [-0.2, 0) is 10.0 Å². The molecule has 0 aliphatic heterocycles. The van der Waals surface area contributed by atoms with Crippen LogP contribution in [0.2, 0.25) is 0 Å². The topological polar surface area (TPSA) is 101 Å². The molecule has 1 saturated carbocycles. The maximum Gasteiger partial charge on any atom is 0.251 e. The van der Waals surface area contributed by atoms with Crippen molar-refractivity contribution in [2.75, 3.05) is 13.1 Å². The maximum atomic E-state index is 12.5. The van der Waals surface area contributed by atoms with Gasteiger partial charge in [-0.1, -0.05) is 33.1 Å². The second-order valence-electron chi connectivity index (χ2n) is 7.48. The molecule has 1 fully saturated rings. The summed E-state index contributed by atoms with van der Waals surface area (Å²) in [5, 5.41) is 3.02. The molecule has 26 heavy (non-hydrogen) atoms. The van der Waals surface area contributed by atoms with Crippen molar-refractivity contribution in [1.82, 2.24) is 10.0 Å². The van der Waals surface area contributed by atoms with Crippen LogP contribution in [0, 0.1) is 11.8 Å². The normalized spacial score (nSPS) is 17.2. The van der Waals surface area contributed by atoms with Gasteiger partial charge < -0.3 is 11.1 Å². The molecule has 1 aliphatic carbocycles. The van der Waals surface area contributed by atoms with Crippen LogP contribution in [0.3, 0.4) is 0 Å². The average Bonchev–Trinajstić information content (AvgIpc) is 2.65. The van der Waals surface area contributed by atoms with E-state index in [0.717, 1.165) is 12.8 Å². The third-order valence-electron chi connectivity index (χ3n) is 4.90. The smallest absolute Gasteiger partial charge is 0.251 e. The number of rotatable bonds is 8. The molecule has 0 heterocycles. The first-order valence-electron chi connectivity index (χ1n) is 9.44. The largest absolute Gasteiger partial charge is 0.348 e. The molecule has 146 valence electrons. The van der Waals surface area contributed by atoms with E-state index < -0.39 is 10.0 Å². The Hall–Kier alpha value is -1.44. The fourth-order valence-electron chi connectivity index (χ4n) is 3.30. The number of carbonyl (C=O) groups is 1. The Morgan fingerprint density at radius 1 is 1.15 bits per heavy atom. The molecule has 6 nitrogen and oxygen atoms in total. The lowest BCUT2D eigenvalue weighted by atomic mass is 9.84. The summed E-state index contributed by atoms with van der Waals surface area (Å²) in [6.07, 6.45) is 5.82. The first kappa shape index (κ1) is 20.9. The molecule has 1 atom stereocenters. The van der Waals surface area contributed by atoms with Crippen LogP contribution in [0.25, 0.3) is 0 Å². The zero-order valence-electron chi connectivity index (χ0n) is 15.7. The summed E-state index contributed by atoms with van der Waals surface area (Å²) >= 11 is 0. The molecule has 1 aromatic carbocycles. The van der Waals surface area contributed by atoms with Gasteiger partial charge >= 0.3 is 0 Å². The van der Waals surface area contributed by atoms with Gasteiger partial charge in [-0.3, -0.25) is 4.79 Å². The van der Waals surface area contributed by atoms with Crippen molar-refractivity contribution in [3.8, 4) is 0 Å². The van der Waals surface area contributed by atoms with Gasteiger partial charge in [-0.05, 0) is 48.9 Å². The van der Waals surface area contributed by atoms with Crippen LogP contribution in [0.5, 0.6) is 0 Å². The predicted molar refractivity (Wildman–Crippen MR) is 103 cm³/mol. The summed E-state index contributed by atoms with van der Waals surface area (Å²) < 4.78 is 27.0. The van der Waals surface area contributed by atoms with E-state index in [1.807, 2.05) is 13.8 Å². The maximum absolute atomic E-state index is 12.5. The summed E-state index contributed by atoms with van der Waals surface area (Å²) in [5.41, 5.74) is 6.31. The van der Waals surface area contributed by atoms with Gasteiger partial charge in [-0.15, -0.1) is 0 Å². The molecule has 0 radical (unpaired) electrons. The van der Waals surface area contributed by atoms with Gasteiger partial charge in [0.1, 0.15) is 0 Å². The molecule has 0 spiro atoms. The van der Waals surface area contributed by atoms with E-state index in [2.05, 4.69) is 10.0 Å². The van der Waals surface area contributed by atoms with Crippen molar-refractivity contribution in [2.24, 2.45) is 17.6 Å². The molecule has 0 aromatic heterocycles. The Labute approximate surface area is 157 Å². The van der Waals surface area contributed by atoms with E-state index in [1.54, 1.807) is 12.1 Å². The van der Waals surface area contributed by atoms with E-state index in [4.69, 9.17) is 5.73 Å². The number of sulfonamides is 1. The predicted octanol–water partition coefficient (Wildman–Crippen LogP) is 2.26. The van der Waals surface area contributed by atoms with Gasteiger partial charge in [-0.25, -0.2) is 13.1 Å². The Morgan fingerprint density at radius 3 is 2.31 bits per heavy atom. The summed E-state index contributed by atoms with van der Waals surface area (Å²) in [6.45, 7) is 4.68. The van der Waals surface area contributed by atoms with Crippen LogP contribution in [-0.4, -0.2) is 33.5 Å². The van der Waals surface area contributed by atoms with Gasteiger partial charge in [0.2, 0.25) is 10.0 Å². The lowest BCUT2D eigenvalue weighted by Gasteiger charge is -2.30. The first-order valence-corrected chi connectivity index (χ1v) is 10.9. The minimum Gasteiger partial charge on any atom is -0.348 e. The molecule has 0 saturated heterocycles. The SMILES string of the molecule is CC(C)CNS(=O)(=O)c1ccc(C(=O)NC(CN)C2CCCCC2)cc1. The van der Waals surface area contributed by atoms with E-state index in [1.165, 1.54) is 31.4 Å². The fourth-order valence-corrected chi connectivity index (χ4v) is 4.52. The zero-order chi connectivity index (χ0) is 19.2. The lowest BCUT2D eigenvalue weighted by molar-refractivity contribution is 0.0915. The van der Waals surface area contributed by atoms with Crippen molar-refractivity contribution in [3.05, 3.63) is 29.8 Å². The van der Waals surface area contributed by atoms with Gasteiger partial charge in [0.15, 0.2) is 0 Å². The number of nitrogens with two attached hydrogens (primary N) is 1. The summed E-state index contributed by atoms with van der Waals surface area (Å²) in [6, 6.07) is 6.01. The zero-order valence-corrected chi connectivity index (χ0v) is 16.5. The van der Waals surface area contributed by atoms with E-state index in [-0.39, 0.29) is 22.8 Å². The molecule has 1 amide bonds. The fraction of sp³-hybridized carbons (Fsp3) is 0.632. The van der Waals surface area contributed by atoms with Crippen LogP contribution < -0.4 is 15.8 Å². The molecule has 2 rings (SSSR count). The number of carbonyl (C=O) groups excluding carboxylic acids is 1. The Bertz CT molecular complexity index is 680. The molecule has 0 bridgehead atoms. The highest BCUT2D eigenvalue weighted by Gasteiger charge is 2.24. The minimum absolute atomic E-state index is 0.0288. The molecular formula is C19H31N3O3S. The Morgan fingerprint density at radius 2 is 1.77 bits per heavy atom. The Balaban J connectivity index is 2.01. The van der Waals surface area contributed by atoms with Crippen molar-refractivity contribution in [3.63, 3.8) is 0 Å². The number of hydrogen-bond donors (Lipinski definition) is 3. The molecular weight excluding hydrogens is 350 g/mol. The second kappa shape index (κ2) is 9.48. The van der Waals surface area contributed by atoms with Crippen LogP contribution in [0.4, 0.5) is 0 Å². The van der Waals surface area contributed by atoms with Crippen molar-refractivity contribution in [2.45, 2.75) is 56.9 Å². The molecule has 1 aliphatic rings. The second-order valence-corrected chi connectivity index (χ2v) is 9.25. The van der Waals surface area contributed by atoms with Crippen LogP contribution in [0.1, 0.15) is 56.3 Å². The van der Waals surface area contributed by atoms with Gasteiger partial charge in [0, 0.05) is 24.7 Å². The molecule has 1 aromatic rings. The highest BCUT2D eigenvalue weighted by Crippen LogP contribution is 2.26. The average molecular weight is 382 g/mol. The monoisotopic (exact) mass is 381 g/mol. The van der Waals surface area contributed by atoms with Gasteiger partial charge in [0.05, 0.1) is 4.90 Å². The van der Waals surface area contributed by atoms with Crippen molar-refractivity contribution >= 4 is 15.9 Å². The van der Waals surface area contributed by atoms with E-state index >= 15 is 0 Å². The summed E-state index contributed by atoms with van der Waals surface area (Å²) in [7, 11) is -3.54. The van der Waals surface area contributed by atoms with Crippen LogP contribution >= 0.6 is 0 Å². The Kier molecular flexibility index (Phi) is 7.61. The number of benzene rings is 1. The molecule has 7 heteroatoms. The third-order valence-corrected chi connectivity index (χ3v) is 6.34. The summed E-state index contributed by atoms with van der Waals surface area (Å²) in [4.78, 5) is 12.7. The molecule has 1 unspecified atom stereocenters. The van der Waals surface area contributed by atoms with Crippen molar-refractivity contribution in [1.29, 1.82) is 0 Å². The van der Waals surface area contributed by atoms with Crippen LogP contribution in [0.15, 0.2) is 29.2 Å². The number of amides is 1. The highest BCUT2D eigenvalue weighted by molar-refractivity contribution is 7.89. The number of nitrogens with one attached hydrogen (secondary N) is 2. The number of hydrogen-bond acceptors (Lipinski definition) is 4. The van der Waals surface area contributed by atoms with E-state index in [9.17, 15) is 13.2 Å². The molecule has 4 N–H and O–H groups in total. The lowest BCUT2D eigenvalue weighted by Crippen LogP contribution is -2.45. The third kappa shape index (κ3) is 5.79. The van der Waals surface area contributed by atoms with Gasteiger partial charge in [-0.2, -0.15) is 0 Å². The van der Waals surface area contributed by atoms with E-state index in [0.29, 0.717) is 24.6 Å². The standard InChI is InChI=1S/C19H31N3O3S/c1-14(2)13-21-26(24,25)17-10-8-16(9-11-17)19(23)22-18(12-20)15-6-4-3-5-7-15/h8-11,14-15,18,21H,3-7,12-13,20H2,1-2H3,(H,22,23). The highest BCUT2D eigenvalue weighted by atomic mass is 32.2. The first-order chi connectivity index (χ1) is 12.3. The van der Waals surface area contributed by atoms with Gasteiger partial charge in [0.25, 0.3) is 5.91 Å². The summed E-state index contributed by atoms with van der Waals surface area (Å²) in [5.74, 6) is 0.450. The van der Waals surface area contributed by atoms with Crippen molar-refractivity contribution < 1.29 is 13.2 Å². The quantitative estimate of drug-likeness (QED) is 0.643. The minimum atomic E-state index is -3.54.